The number of benzene rings is 1. The Balaban J connectivity index is 2.09. The summed E-state index contributed by atoms with van der Waals surface area (Å²) >= 11 is 0. The molecule has 0 amide bonds. The molecule has 0 spiro atoms. The topological polar surface area (TPSA) is 91.4 Å². The summed E-state index contributed by atoms with van der Waals surface area (Å²) in [5, 5.41) is 18.6. The van der Waals surface area contributed by atoms with Gasteiger partial charge in [-0.2, -0.15) is 10.5 Å². The number of aromatic nitrogens is 2. The van der Waals surface area contributed by atoms with Gasteiger partial charge in [0.05, 0.1) is 17.2 Å². The standard InChI is InChI=1S/C20H17N5/c1-13-18(10-22)20(17-6-3-15(9-21)4-7-17)14(2)25(13)12-16-5-8-19(23)24-11-16/h3-8,11H,12H2,1-2H3,(H2,23,24). The van der Waals surface area contributed by atoms with Gasteiger partial charge in [0.1, 0.15) is 11.9 Å². The van der Waals surface area contributed by atoms with Crippen molar-refractivity contribution in [3.05, 3.63) is 70.7 Å². The van der Waals surface area contributed by atoms with Crippen LogP contribution in [0.4, 0.5) is 5.82 Å². The fourth-order valence-electron chi connectivity index (χ4n) is 3.03. The van der Waals surface area contributed by atoms with Gasteiger partial charge in [0.2, 0.25) is 0 Å². The van der Waals surface area contributed by atoms with E-state index in [-0.39, 0.29) is 0 Å². The van der Waals surface area contributed by atoms with E-state index < -0.39 is 0 Å². The van der Waals surface area contributed by atoms with E-state index in [2.05, 4.69) is 21.7 Å². The van der Waals surface area contributed by atoms with Gasteiger partial charge in [0, 0.05) is 29.7 Å². The monoisotopic (exact) mass is 327 g/mol. The van der Waals surface area contributed by atoms with E-state index in [1.54, 1.807) is 24.4 Å². The molecule has 0 fully saturated rings. The molecule has 0 radical (unpaired) electrons. The zero-order valence-electron chi connectivity index (χ0n) is 14.1. The van der Waals surface area contributed by atoms with Crippen LogP contribution in [0.5, 0.6) is 0 Å². The highest BCUT2D eigenvalue weighted by Gasteiger charge is 2.19. The van der Waals surface area contributed by atoms with Gasteiger partial charge < -0.3 is 10.3 Å². The van der Waals surface area contributed by atoms with Crippen molar-refractivity contribution in [1.82, 2.24) is 9.55 Å². The van der Waals surface area contributed by atoms with Crippen LogP contribution in [-0.2, 0) is 6.54 Å². The second-order valence-corrected chi connectivity index (χ2v) is 5.90. The third-order valence-corrected chi connectivity index (χ3v) is 4.39. The normalized spacial score (nSPS) is 10.2. The van der Waals surface area contributed by atoms with Gasteiger partial charge in [-0.15, -0.1) is 0 Å². The molecule has 3 rings (SSSR count). The molecule has 5 heteroatoms. The molecule has 0 atom stereocenters. The minimum absolute atomic E-state index is 0.487. The van der Waals surface area contributed by atoms with Crippen molar-refractivity contribution >= 4 is 5.82 Å². The van der Waals surface area contributed by atoms with Crippen LogP contribution >= 0.6 is 0 Å². The molecule has 0 aliphatic rings. The smallest absolute Gasteiger partial charge is 0.123 e. The number of pyridine rings is 1. The van der Waals surface area contributed by atoms with Gasteiger partial charge in [0.15, 0.2) is 0 Å². The predicted octanol–water partition coefficient (Wildman–Crippen LogP) is 3.54. The Morgan fingerprint density at radius 1 is 1.00 bits per heavy atom. The number of hydrogen-bond acceptors (Lipinski definition) is 4. The Morgan fingerprint density at radius 3 is 2.28 bits per heavy atom. The molecule has 25 heavy (non-hydrogen) atoms. The van der Waals surface area contributed by atoms with Gasteiger partial charge in [0.25, 0.3) is 0 Å². The van der Waals surface area contributed by atoms with Gasteiger partial charge in [-0.25, -0.2) is 4.98 Å². The maximum atomic E-state index is 9.66. The van der Waals surface area contributed by atoms with Crippen molar-refractivity contribution in [3.8, 4) is 23.3 Å². The van der Waals surface area contributed by atoms with Crippen molar-refractivity contribution in [2.45, 2.75) is 20.4 Å². The molecule has 0 aliphatic heterocycles. The van der Waals surface area contributed by atoms with Crippen molar-refractivity contribution in [3.63, 3.8) is 0 Å². The lowest BCUT2D eigenvalue weighted by Gasteiger charge is -2.10. The summed E-state index contributed by atoms with van der Waals surface area (Å²) in [5.74, 6) is 0.487. The molecular weight excluding hydrogens is 310 g/mol. The molecule has 0 unspecified atom stereocenters. The lowest BCUT2D eigenvalue weighted by molar-refractivity contribution is 0.746. The number of nitrogens with zero attached hydrogens (tertiary/aromatic N) is 4. The van der Waals surface area contributed by atoms with Gasteiger partial charge in [-0.05, 0) is 43.2 Å². The SMILES string of the molecule is Cc1c(C#N)c(-c2ccc(C#N)cc2)c(C)n1Cc1ccc(N)nc1. The molecule has 3 aromatic rings. The minimum Gasteiger partial charge on any atom is -0.384 e. The molecule has 2 N–H and O–H groups in total. The Kier molecular flexibility index (Phi) is 4.24. The summed E-state index contributed by atoms with van der Waals surface area (Å²) in [5.41, 5.74) is 11.7. The molecule has 0 bridgehead atoms. The van der Waals surface area contributed by atoms with Crippen LogP contribution in [-0.4, -0.2) is 9.55 Å². The molecule has 2 aromatic heterocycles. The number of nitrogen functional groups attached to an aromatic ring is 1. The minimum atomic E-state index is 0.487. The Morgan fingerprint density at radius 2 is 1.72 bits per heavy atom. The third-order valence-electron chi connectivity index (χ3n) is 4.39. The van der Waals surface area contributed by atoms with Gasteiger partial charge in [-0.1, -0.05) is 18.2 Å². The molecule has 0 saturated heterocycles. The fraction of sp³-hybridized carbons (Fsp3) is 0.150. The first-order chi connectivity index (χ1) is 12.0. The van der Waals surface area contributed by atoms with Crippen LogP contribution < -0.4 is 5.73 Å². The predicted molar refractivity (Wildman–Crippen MR) is 96.5 cm³/mol. The summed E-state index contributed by atoms with van der Waals surface area (Å²) < 4.78 is 2.11. The lowest BCUT2D eigenvalue weighted by atomic mass is 10.0. The molecule has 5 nitrogen and oxygen atoms in total. The molecule has 0 saturated carbocycles. The van der Waals surface area contributed by atoms with Gasteiger partial charge >= 0.3 is 0 Å². The van der Waals surface area contributed by atoms with Crippen molar-refractivity contribution in [2.75, 3.05) is 5.73 Å². The number of nitriles is 2. The Bertz CT molecular complexity index is 997. The highest BCUT2D eigenvalue weighted by Crippen LogP contribution is 2.32. The molecule has 0 aliphatic carbocycles. The lowest BCUT2D eigenvalue weighted by Crippen LogP contribution is -2.05. The van der Waals surface area contributed by atoms with Crippen molar-refractivity contribution in [1.29, 1.82) is 10.5 Å². The van der Waals surface area contributed by atoms with E-state index in [1.165, 1.54) is 0 Å². The summed E-state index contributed by atoms with van der Waals surface area (Å²) in [6.07, 6.45) is 1.75. The Labute approximate surface area is 146 Å². The number of nitrogens with two attached hydrogens (primary N) is 1. The summed E-state index contributed by atoms with van der Waals surface area (Å²) in [7, 11) is 0. The first-order valence-electron chi connectivity index (χ1n) is 7.86. The number of hydrogen-bond donors (Lipinski definition) is 1. The summed E-state index contributed by atoms with van der Waals surface area (Å²) in [6, 6.07) is 15.5. The second kappa shape index (κ2) is 6.51. The quantitative estimate of drug-likeness (QED) is 0.796. The van der Waals surface area contributed by atoms with E-state index in [0.717, 1.165) is 28.1 Å². The average Bonchev–Trinajstić information content (AvgIpc) is 2.87. The van der Waals surface area contributed by atoms with Crippen LogP contribution in [0.2, 0.25) is 0 Å². The highest BCUT2D eigenvalue weighted by atomic mass is 15.0. The van der Waals surface area contributed by atoms with Crippen LogP contribution in [0.15, 0.2) is 42.6 Å². The second-order valence-electron chi connectivity index (χ2n) is 5.90. The number of rotatable bonds is 3. The van der Waals surface area contributed by atoms with Crippen LogP contribution in [0.25, 0.3) is 11.1 Å². The summed E-state index contributed by atoms with van der Waals surface area (Å²) in [4.78, 5) is 4.13. The van der Waals surface area contributed by atoms with Crippen molar-refractivity contribution < 1.29 is 0 Å². The van der Waals surface area contributed by atoms with Crippen LogP contribution in [0, 0.1) is 36.5 Å². The first kappa shape index (κ1) is 16.3. The Hall–Kier alpha value is -3.57. The largest absolute Gasteiger partial charge is 0.384 e. The zero-order chi connectivity index (χ0) is 18.0. The van der Waals surface area contributed by atoms with Crippen molar-refractivity contribution in [2.24, 2.45) is 0 Å². The average molecular weight is 327 g/mol. The maximum Gasteiger partial charge on any atom is 0.123 e. The molecule has 122 valence electrons. The van der Waals surface area contributed by atoms with E-state index >= 15 is 0 Å². The third kappa shape index (κ3) is 2.96. The van der Waals surface area contributed by atoms with Gasteiger partial charge in [-0.3, -0.25) is 0 Å². The molecule has 2 heterocycles. The van der Waals surface area contributed by atoms with E-state index in [1.807, 2.05) is 32.0 Å². The molecule has 1 aromatic carbocycles. The highest BCUT2D eigenvalue weighted by molar-refractivity contribution is 5.75. The molecular formula is C20H17N5. The number of anilines is 1. The van der Waals surface area contributed by atoms with Crippen LogP contribution in [0.1, 0.15) is 28.1 Å². The van der Waals surface area contributed by atoms with Crippen LogP contribution in [0.3, 0.4) is 0 Å². The fourth-order valence-corrected chi connectivity index (χ4v) is 3.03. The van der Waals surface area contributed by atoms with E-state index in [9.17, 15) is 5.26 Å². The first-order valence-corrected chi connectivity index (χ1v) is 7.86. The summed E-state index contributed by atoms with van der Waals surface area (Å²) in [6.45, 7) is 4.57. The van der Waals surface area contributed by atoms with E-state index in [4.69, 9.17) is 11.0 Å². The van der Waals surface area contributed by atoms with E-state index in [0.29, 0.717) is 23.5 Å². The zero-order valence-corrected chi connectivity index (χ0v) is 14.1. The maximum absolute atomic E-state index is 9.66.